The second kappa shape index (κ2) is 7.03. The molecule has 3 saturated heterocycles. The van der Waals surface area contributed by atoms with Crippen molar-refractivity contribution in [2.24, 2.45) is 5.92 Å². The van der Waals surface area contributed by atoms with Crippen LogP contribution >= 0.6 is 0 Å². The van der Waals surface area contributed by atoms with Crippen LogP contribution in [-0.2, 0) is 16.1 Å². The van der Waals surface area contributed by atoms with E-state index in [1.165, 1.54) is 6.42 Å². The Morgan fingerprint density at radius 2 is 1.90 bits per heavy atom. The van der Waals surface area contributed by atoms with Gasteiger partial charge in [-0.2, -0.15) is 0 Å². The van der Waals surface area contributed by atoms with Crippen LogP contribution in [0.25, 0.3) is 0 Å². The Bertz CT molecular complexity index is 914. The number of carbonyl (C=O) groups is 4. The highest BCUT2D eigenvalue weighted by Gasteiger charge is 2.46. The summed E-state index contributed by atoms with van der Waals surface area (Å²) in [6, 6.07) is 4.89. The number of benzene rings is 1. The quantitative estimate of drug-likeness (QED) is 0.712. The molecule has 4 aliphatic rings. The number of rotatable bonds is 3. The molecule has 152 valence electrons. The molecule has 5 rings (SSSR count). The number of nitrogens with one attached hydrogen (secondary N) is 2. The molecular formula is C21H24N4O4. The summed E-state index contributed by atoms with van der Waals surface area (Å²) in [5.74, 6) is -1.13. The molecule has 1 aromatic carbocycles. The Morgan fingerprint density at radius 1 is 1.03 bits per heavy atom. The third-order valence-corrected chi connectivity index (χ3v) is 6.77. The van der Waals surface area contributed by atoms with Gasteiger partial charge in [-0.25, -0.2) is 0 Å². The molecule has 0 bridgehead atoms. The monoisotopic (exact) mass is 396 g/mol. The molecule has 4 heterocycles. The lowest BCUT2D eigenvalue weighted by Gasteiger charge is -2.32. The molecule has 2 N–H and O–H groups in total. The fourth-order valence-corrected chi connectivity index (χ4v) is 5.29. The van der Waals surface area contributed by atoms with Crippen molar-refractivity contribution in [3.63, 3.8) is 0 Å². The van der Waals surface area contributed by atoms with Crippen LogP contribution in [0.5, 0.6) is 0 Å². The molecule has 0 aliphatic carbocycles. The van der Waals surface area contributed by atoms with E-state index in [1.807, 2.05) is 6.07 Å². The molecule has 4 aliphatic heterocycles. The van der Waals surface area contributed by atoms with Crippen LogP contribution in [-0.4, -0.2) is 65.1 Å². The van der Waals surface area contributed by atoms with Crippen LogP contribution in [0.15, 0.2) is 18.2 Å². The topological polar surface area (TPSA) is 98.8 Å². The highest BCUT2D eigenvalue weighted by Crippen LogP contribution is 2.34. The maximum absolute atomic E-state index is 13.2. The van der Waals surface area contributed by atoms with Crippen LogP contribution in [0.3, 0.4) is 0 Å². The fourth-order valence-electron chi connectivity index (χ4n) is 5.29. The van der Waals surface area contributed by atoms with E-state index >= 15 is 0 Å². The first-order valence-corrected chi connectivity index (χ1v) is 10.3. The number of nitrogens with zero attached hydrogens (tertiary/aromatic N) is 2. The largest absolute Gasteiger partial charge is 0.315 e. The van der Waals surface area contributed by atoms with Crippen molar-refractivity contribution in [3.8, 4) is 0 Å². The summed E-state index contributed by atoms with van der Waals surface area (Å²) in [5, 5.41) is 5.70. The Hall–Kier alpha value is -2.58. The molecule has 0 aromatic heterocycles. The molecule has 3 atom stereocenters. The van der Waals surface area contributed by atoms with Gasteiger partial charge in [0.1, 0.15) is 6.04 Å². The summed E-state index contributed by atoms with van der Waals surface area (Å²) in [4.78, 5) is 53.3. The maximum atomic E-state index is 13.2. The number of hydrogen-bond acceptors (Lipinski definition) is 6. The zero-order valence-electron chi connectivity index (χ0n) is 16.1. The summed E-state index contributed by atoms with van der Waals surface area (Å²) in [7, 11) is 0. The van der Waals surface area contributed by atoms with Crippen molar-refractivity contribution in [1.29, 1.82) is 0 Å². The molecule has 8 nitrogen and oxygen atoms in total. The highest BCUT2D eigenvalue weighted by atomic mass is 16.2. The van der Waals surface area contributed by atoms with Gasteiger partial charge in [0.15, 0.2) is 0 Å². The predicted octanol–water partition coefficient (Wildman–Crippen LogP) is 0.272. The molecule has 0 spiro atoms. The van der Waals surface area contributed by atoms with E-state index in [1.54, 1.807) is 12.1 Å². The van der Waals surface area contributed by atoms with Gasteiger partial charge in [-0.15, -0.1) is 0 Å². The number of hydrogen-bond donors (Lipinski definition) is 2. The first kappa shape index (κ1) is 18.4. The molecule has 3 unspecified atom stereocenters. The lowest BCUT2D eigenvalue weighted by molar-refractivity contribution is -0.136. The second-order valence-electron chi connectivity index (χ2n) is 8.37. The van der Waals surface area contributed by atoms with Gasteiger partial charge in [-0.1, -0.05) is 12.1 Å². The van der Waals surface area contributed by atoms with Crippen LogP contribution in [0.4, 0.5) is 0 Å². The van der Waals surface area contributed by atoms with Gasteiger partial charge in [0, 0.05) is 25.6 Å². The van der Waals surface area contributed by atoms with Crippen molar-refractivity contribution in [3.05, 3.63) is 34.9 Å². The van der Waals surface area contributed by atoms with Crippen molar-refractivity contribution in [1.82, 2.24) is 20.4 Å². The molecule has 1 aromatic rings. The molecule has 0 radical (unpaired) electrons. The lowest BCUT2D eigenvalue weighted by atomic mass is 9.93. The Morgan fingerprint density at radius 3 is 2.72 bits per heavy atom. The molecule has 29 heavy (non-hydrogen) atoms. The van der Waals surface area contributed by atoms with Gasteiger partial charge < -0.3 is 5.32 Å². The summed E-state index contributed by atoms with van der Waals surface area (Å²) in [6.45, 7) is 3.62. The standard InChI is InChI=1S/C21H24N4O4/c26-17-5-4-15(19(27)23-17)25-20(28)14-3-1-2-13(18(14)21(25)29)11-24-9-7-12-6-8-22-10-16(12)24/h1-3,12,15-16,22H,4-11H2,(H,23,26,27). The molecule has 4 amide bonds. The van der Waals surface area contributed by atoms with E-state index < -0.39 is 23.8 Å². The van der Waals surface area contributed by atoms with Gasteiger partial charge >= 0.3 is 0 Å². The summed E-state index contributed by atoms with van der Waals surface area (Å²) >= 11 is 0. The van der Waals surface area contributed by atoms with E-state index in [-0.39, 0.29) is 18.7 Å². The minimum Gasteiger partial charge on any atom is -0.315 e. The maximum Gasteiger partial charge on any atom is 0.262 e. The van der Waals surface area contributed by atoms with Crippen molar-refractivity contribution >= 4 is 23.6 Å². The normalized spacial score (nSPS) is 29.8. The minimum atomic E-state index is -0.924. The number of imide groups is 2. The SMILES string of the molecule is O=C1CCC(N2C(=O)c3cccc(CN4CCC5CCNCC54)c3C2=O)C(=O)N1. The first-order valence-electron chi connectivity index (χ1n) is 10.3. The van der Waals surface area contributed by atoms with E-state index in [2.05, 4.69) is 15.5 Å². The lowest BCUT2D eigenvalue weighted by Crippen LogP contribution is -2.54. The van der Waals surface area contributed by atoms with Crippen molar-refractivity contribution in [2.45, 2.75) is 44.3 Å². The van der Waals surface area contributed by atoms with Crippen LogP contribution in [0, 0.1) is 5.92 Å². The average Bonchev–Trinajstić information content (AvgIpc) is 3.23. The highest BCUT2D eigenvalue weighted by molar-refractivity contribution is 6.24. The Labute approximate surface area is 168 Å². The summed E-state index contributed by atoms with van der Waals surface area (Å²) < 4.78 is 0. The van der Waals surface area contributed by atoms with Gasteiger partial charge in [0.05, 0.1) is 11.1 Å². The number of fused-ring (bicyclic) bond motifs is 2. The summed E-state index contributed by atoms with van der Waals surface area (Å²) in [6.07, 6.45) is 2.64. The van der Waals surface area contributed by atoms with Crippen molar-refractivity contribution < 1.29 is 19.2 Å². The van der Waals surface area contributed by atoms with E-state index in [9.17, 15) is 19.2 Å². The fraction of sp³-hybridized carbons (Fsp3) is 0.524. The molecule has 8 heteroatoms. The number of piperidine rings is 2. The number of likely N-dealkylation sites (tertiary alicyclic amines) is 1. The first-order chi connectivity index (χ1) is 14.0. The number of amides is 4. The van der Waals surface area contributed by atoms with E-state index in [0.29, 0.717) is 29.6 Å². The third-order valence-electron chi connectivity index (χ3n) is 6.77. The zero-order chi connectivity index (χ0) is 20.1. The average molecular weight is 396 g/mol. The number of carbonyl (C=O) groups excluding carboxylic acids is 4. The molecule has 0 saturated carbocycles. The Kier molecular flexibility index (Phi) is 4.48. The van der Waals surface area contributed by atoms with Crippen LogP contribution in [0.1, 0.15) is 52.0 Å². The van der Waals surface area contributed by atoms with Crippen molar-refractivity contribution in [2.75, 3.05) is 19.6 Å². The zero-order valence-corrected chi connectivity index (χ0v) is 16.1. The predicted molar refractivity (Wildman–Crippen MR) is 103 cm³/mol. The minimum absolute atomic E-state index is 0.126. The van der Waals surface area contributed by atoms with Crippen LogP contribution < -0.4 is 10.6 Å². The summed E-state index contributed by atoms with van der Waals surface area (Å²) in [5.41, 5.74) is 1.60. The van der Waals surface area contributed by atoms with Gasteiger partial charge in [0.2, 0.25) is 11.8 Å². The van der Waals surface area contributed by atoms with Crippen LogP contribution in [0.2, 0.25) is 0 Å². The smallest absolute Gasteiger partial charge is 0.262 e. The third kappa shape index (κ3) is 2.98. The van der Waals surface area contributed by atoms with E-state index in [0.717, 1.165) is 36.5 Å². The molecular weight excluding hydrogens is 372 g/mol. The Balaban J connectivity index is 1.42. The molecule has 3 fully saturated rings. The second-order valence-corrected chi connectivity index (χ2v) is 8.37. The van der Waals surface area contributed by atoms with E-state index in [4.69, 9.17) is 0 Å². The van der Waals surface area contributed by atoms with Gasteiger partial charge in [-0.05, 0) is 49.9 Å². The van der Waals surface area contributed by atoms with Gasteiger partial charge in [-0.3, -0.25) is 34.3 Å². The van der Waals surface area contributed by atoms with Gasteiger partial charge in [0.25, 0.3) is 11.8 Å².